The van der Waals surface area contributed by atoms with Crippen LogP contribution in [0.15, 0.2) is 53.2 Å². The number of aliphatic hydroxyl groups excluding tert-OH is 1. The highest BCUT2D eigenvalue weighted by molar-refractivity contribution is 7.08. The molecule has 120 valence electrons. The Morgan fingerprint density at radius 3 is 2.71 bits per heavy atom. The number of hydrogen-bond acceptors (Lipinski definition) is 6. The zero-order chi connectivity index (χ0) is 16.4. The van der Waals surface area contributed by atoms with Crippen molar-refractivity contribution in [2.45, 2.75) is 13.2 Å². The van der Waals surface area contributed by atoms with Crippen LogP contribution in [0.25, 0.3) is 17.0 Å². The summed E-state index contributed by atoms with van der Waals surface area (Å²) in [5.41, 5.74) is 3.67. The minimum Gasteiger partial charge on any atom is -0.392 e. The van der Waals surface area contributed by atoms with Crippen molar-refractivity contribution in [1.82, 2.24) is 19.8 Å². The van der Waals surface area contributed by atoms with Gasteiger partial charge in [-0.1, -0.05) is 24.3 Å². The average molecular weight is 337 g/mol. The number of fused-ring (bicyclic) bond motifs is 1. The van der Waals surface area contributed by atoms with Crippen LogP contribution in [-0.2, 0) is 13.2 Å². The molecule has 0 aliphatic carbocycles. The topological polar surface area (TPSA) is 75.3 Å². The van der Waals surface area contributed by atoms with Gasteiger partial charge in [-0.2, -0.15) is 15.9 Å². The first-order valence-corrected chi connectivity index (χ1v) is 8.46. The second-order valence-corrected chi connectivity index (χ2v) is 6.08. The zero-order valence-electron chi connectivity index (χ0n) is 12.8. The largest absolute Gasteiger partial charge is 0.392 e. The fourth-order valence-electron chi connectivity index (χ4n) is 2.52. The summed E-state index contributed by atoms with van der Waals surface area (Å²) in [7, 11) is 0. The number of aliphatic hydroxyl groups is 1. The molecule has 0 aliphatic rings. The van der Waals surface area contributed by atoms with E-state index in [0.29, 0.717) is 12.2 Å². The van der Waals surface area contributed by atoms with Crippen LogP contribution in [0.5, 0.6) is 0 Å². The molecule has 0 saturated carbocycles. The summed E-state index contributed by atoms with van der Waals surface area (Å²) in [5, 5.41) is 29.7. The number of thiophene rings is 1. The quantitative estimate of drug-likeness (QED) is 0.585. The highest BCUT2D eigenvalue weighted by Gasteiger charge is 2.10. The van der Waals surface area contributed by atoms with Crippen LogP contribution in [0, 0.1) is 0 Å². The van der Waals surface area contributed by atoms with E-state index in [1.165, 1.54) is 0 Å². The third kappa shape index (κ3) is 2.75. The van der Waals surface area contributed by atoms with E-state index in [9.17, 15) is 5.11 Å². The van der Waals surface area contributed by atoms with Crippen LogP contribution in [0.2, 0.25) is 0 Å². The second-order valence-electron chi connectivity index (χ2n) is 5.30. The maximum absolute atomic E-state index is 9.41. The molecule has 1 aromatic carbocycles. The van der Waals surface area contributed by atoms with Crippen LogP contribution >= 0.6 is 11.3 Å². The summed E-state index contributed by atoms with van der Waals surface area (Å²) in [5.74, 6) is 1.46. The van der Waals surface area contributed by atoms with E-state index in [4.69, 9.17) is 0 Å². The van der Waals surface area contributed by atoms with E-state index in [1.807, 2.05) is 53.2 Å². The first-order valence-electron chi connectivity index (χ1n) is 7.52. The Labute approximate surface area is 142 Å². The summed E-state index contributed by atoms with van der Waals surface area (Å²) >= 11 is 1.61. The molecule has 0 fully saturated rings. The van der Waals surface area contributed by atoms with Gasteiger partial charge in [0.15, 0.2) is 11.5 Å². The highest BCUT2D eigenvalue weighted by atomic mass is 32.1. The van der Waals surface area contributed by atoms with Crippen molar-refractivity contribution in [2.24, 2.45) is 0 Å². The van der Waals surface area contributed by atoms with Gasteiger partial charge in [-0.05, 0) is 34.7 Å². The van der Waals surface area contributed by atoms with Crippen molar-refractivity contribution in [3.63, 3.8) is 0 Å². The average Bonchev–Trinajstić information content (AvgIpc) is 3.29. The molecule has 0 aliphatic heterocycles. The van der Waals surface area contributed by atoms with Crippen LogP contribution in [0.1, 0.15) is 11.1 Å². The fraction of sp³-hybridized carbons (Fsp3) is 0.118. The number of nitrogens with one attached hydrogen (secondary N) is 1. The Hall–Kier alpha value is -2.77. The number of rotatable bonds is 5. The third-order valence-corrected chi connectivity index (χ3v) is 4.47. The van der Waals surface area contributed by atoms with Crippen LogP contribution < -0.4 is 5.32 Å². The Bertz CT molecular complexity index is 964. The lowest BCUT2D eigenvalue weighted by atomic mass is 10.1. The Morgan fingerprint density at radius 1 is 1.04 bits per heavy atom. The molecule has 4 rings (SSSR count). The molecule has 4 aromatic rings. The van der Waals surface area contributed by atoms with Gasteiger partial charge < -0.3 is 10.4 Å². The molecule has 7 heteroatoms. The lowest BCUT2D eigenvalue weighted by Crippen LogP contribution is -2.06. The van der Waals surface area contributed by atoms with Crippen molar-refractivity contribution in [2.75, 3.05) is 5.32 Å². The third-order valence-electron chi connectivity index (χ3n) is 3.79. The van der Waals surface area contributed by atoms with E-state index in [-0.39, 0.29) is 6.61 Å². The van der Waals surface area contributed by atoms with Crippen LogP contribution in [0.3, 0.4) is 0 Å². The van der Waals surface area contributed by atoms with Crippen LogP contribution in [-0.4, -0.2) is 24.9 Å². The van der Waals surface area contributed by atoms with Gasteiger partial charge in [0.2, 0.25) is 0 Å². The molecule has 0 atom stereocenters. The number of hydrogen-bond donors (Lipinski definition) is 2. The summed E-state index contributed by atoms with van der Waals surface area (Å²) in [4.78, 5) is 0. The summed E-state index contributed by atoms with van der Waals surface area (Å²) in [6, 6.07) is 13.6. The molecule has 3 aromatic heterocycles. The molecule has 0 spiro atoms. The first kappa shape index (κ1) is 14.8. The lowest BCUT2D eigenvalue weighted by molar-refractivity contribution is 0.280. The monoisotopic (exact) mass is 337 g/mol. The predicted octanol–water partition coefficient (Wildman–Crippen LogP) is 2.96. The standard InChI is InChI=1S/C17H15N5OS/c23-10-13-4-2-1-3-12(13)9-18-15-5-6-16-19-20-17(22(16)21-15)14-7-8-24-11-14/h1-8,11,23H,9-10H2,(H,18,21). The van der Waals surface area contributed by atoms with Crippen molar-refractivity contribution >= 4 is 22.8 Å². The van der Waals surface area contributed by atoms with Gasteiger partial charge >= 0.3 is 0 Å². The lowest BCUT2D eigenvalue weighted by Gasteiger charge is -2.09. The van der Waals surface area contributed by atoms with Crippen LogP contribution in [0.4, 0.5) is 5.82 Å². The summed E-state index contributed by atoms with van der Waals surface area (Å²) < 4.78 is 1.74. The normalized spacial score (nSPS) is 11.0. The van der Waals surface area contributed by atoms with Gasteiger partial charge in [-0.3, -0.25) is 0 Å². The fourth-order valence-corrected chi connectivity index (χ4v) is 3.16. The minimum atomic E-state index is 0.0259. The first-order chi connectivity index (χ1) is 11.8. The van der Waals surface area contributed by atoms with E-state index >= 15 is 0 Å². The van der Waals surface area contributed by atoms with Gasteiger partial charge in [0.1, 0.15) is 5.82 Å². The minimum absolute atomic E-state index is 0.0259. The van der Waals surface area contributed by atoms with Crippen molar-refractivity contribution in [3.8, 4) is 11.4 Å². The summed E-state index contributed by atoms with van der Waals surface area (Å²) in [6.45, 7) is 0.614. The number of benzene rings is 1. The van der Waals surface area contributed by atoms with Gasteiger partial charge in [0.25, 0.3) is 0 Å². The molecule has 0 saturated heterocycles. The van der Waals surface area contributed by atoms with E-state index in [0.717, 1.165) is 28.3 Å². The molecule has 0 amide bonds. The van der Waals surface area contributed by atoms with E-state index in [2.05, 4.69) is 20.6 Å². The van der Waals surface area contributed by atoms with Gasteiger partial charge in [-0.25, -0.2) is 0 Å². The Morgan fingerprint density at radius 2 is 1.92 bits per heavy atom. The Kier molecular flexibility index (Phi) is 3.94. The molecule has 3 heterocycles. The summed E-state index contributed by atoms with van der Waals surface area (Å²) in [6.07, 6.45) is 0. The molecule has 0 radical (unpaired) electrons. The maximum Gasteiger partial charge on any atom is 0.186 e. The van der Waals surface area contributed by atoms with Crippen molar-refractivity contribution < 1.29 is 5.11 Å². The number of aromatic nitrogens is 4. The second kappa shape index (κ2) is 6.38. The Balaban J connectivity index is 1.62. The van der Waals surface area contributed by atoms with Gasteiger partial charge in [0.05, 0.1) is 6.61 Å². The molecule has 0 bridgehead atoms. The van der Waals surface area contributed by atoms with E-state index in [1.54, 1.807) is 15.9 Å². The number of anilines is 1. The maximum atomic E-state index is 9.41. The molecule has 24 heavy (non-hydrogen) atoms. The van der Waals surface area contributed by atoms with E-state index < -0.39 is 0 Å². The predicted molar refractivity (Wildman–Crippen MR) is 93.8 cm³/mol. The molecule has 2 N–H and O–H groups in total. The van der Waals surface area contributed by atoms with Crippen molar-refractivity contribution in [3.05, 3.63) is 64.4 Å². The molecular weight excluding hydrogens is 322 g/mol. The highest BCUT2D eigenvalue weighted by Crippen LogP contribution is 2.21. The van der Waals surface area contributed by atoms with Gasteiger partial charge in [0, 0.05) is 17.5 Å². The van der Waals surface area contributed by atoms with Crippen molar-refractivity contribution in [1.29, 1.82) is 0 Å². The SMILES string of the molecule is OCc1ccccc1CNc1ccc2nnc(-c3ccsc3)n2n1. The smallest absolute Gasteiger partial charge is 0.186 e. The number of nitrogens with zero attached hydrogens (tertiary/aromatic N) is 4. The van der Waals surface area contributed by atoms with Gasteiger partial charge in [-0.15, -0.1) is 15.3 Å². The zero-order valence-corrected chi connectivity index (χ0v) is 13.6. The molecular formula is C17H15N5OS. The molecule has 6 nitrogen and oxygen atoms in total. The molecule has 0 unspecified atom stereocenters.